The average Bonchev–Trinajstić information content (AvgIpc) is 2.05. The fraction of sp³-hybridized carbons (Fsp3) is 0.778. The van der Waals surface area contributed by atoms with Crippen LogP contribution in [0.1, 0.15) is 19.8 Å². The minimum absolute atomic E-state index is 0.209. The Balaban J connectivity index is 2.42. The quantitative estimate of drug-likeness (QED) is 0.615. The molecule has 1 amide bonds. The number of hydrogen-bond acceptors (Lipinski definition) is 2. The van der Waals surface area contributed by atoms with Crippen molar-refractivity contribution in [3.63, 3.8) is 0 Å². The fourth-order valence-electron chi connectivity index (χ4n) is 1.39. The van der Waals surface area contributed by atoms with Crippen molar-refractivity contribution in [3.05, 3.63) is 6.92 Å². The van der Waals surface area contributed by atoms with Crippen LogP contribution in [-0.4, -0.2) is 36.6 Å². The van der Waals surface area contributed by atoms with Crippen molar-refractivity contribution in [1.29, 1.82) is 0 Å². The maximum Gasteiger partial charge on any atom is 0.222 e. The molecule has 1 aliphatic heterocycles. The van der Waals surface area contributed by atoms with Crippen LogP contribution in [0.2, 0.25) is 0 Å². The smallest absolute Gasteiger partial charge is 0.222 e. The van der Waals surface area contributed by atoms with Gasteiger partial charge in [-0.25, -0.2) is 0 Å². The molecule has 3 nitrogen and oxygen atoms in total. The van der Waals surface area contributed by atoms with Crippen LogP contribution in [0.15, 0.2) is 0 Å². The molecule has 1 fully saturated rings. The van der Waals surface area contributed by atoms with Crippen LogP contribution in [0.4, 0.5) is 0 Å². The lowest BCUT2D eigenvalue weighted by molar-refractivity contribution is -0.139. The second kappa shape index (κ2) is 4.45. The van der Waals surface area contributed by atoms with Gasteiger partial charge in [0.25, 0.3) is 0 Å². The van der Waals surface area contributed by atoms with Crippen LogP contribution >= 0.6 is 0 Å². The molecule has 1 radical (unpaired) electrons. The van der Waals surface area contributed by atoms with Gasteiger partial charge in [-0.3, -0.25) is 4.79 Å². The number of carbonyl (C=O) groups is 1. The highest BCUT2D eigenvalue weighted by Gasteiger charge is 2.22. The minimum Gasteiger partial charge on any atom is -0.377 e. The summed E-state index contributed by atoms with van der Waals surface area (Å²) < 4.78 is 5.23. The van der Waals surface area contributed by atoms with Crippen molar-refractivity contribution in [1.82, 2.24) is 4.90 Å². The molecule has 1 atom stereocenters. The maximum absolute atomic E-state index is 11.4. The first kappa shape index (κ1) is 9.52. The fourth-order valence-corrected chi connectivity index (χ4v) is 1.39. The lowest BCUT2D eigenvalue weighted by Crippen LogP contribution is -2.46. The Bertz CT molecular complexity index is 159. The zero-order valence-electron chi connectivity index (χ0n) is 7.58. The molecule has 1 heterocycles. The van der Waals surface area contributed by atoms with Crippen LogP contribution in [0.5, 0.6) is 0 Å². The van der Waals surface area contributed by atoms with Gasteiger partial charge in [0.2, 0.25) is 5.91 Å². The van der Waals surface area contributed by atoms with Crippen LogP contribution in [-0.2, 0) is 9.53 Å². The van der Waals surface area contributed by atoms with Gasteiger partial charge in [0.1, 0.15) is 0 Å². The molecular formula is C9H16NO2. The molecule has 3 heteroatoms. The summed E-state index contributed by atoms with van der Waals surface area (Å²) in [5.41, 5.74) is 0. The van der Waals surface area contributed by atoms with Crippen LogP contribution < -0.4 is 0 Å². The number of carbonyl (C=O) groups excluding carboxylic acids is 1. The predicted octanol–water partition coefficient (Wildman–Crippen LogP) is 0.848. The largest absolute Gasteiger partial charge is 0.377 e. The number of hydrogen-bond donors (Lipinski definition) is 0. The van der Waals surface area contributed by atoms with Crippen molar-refractivity contribution in [2.24, 2.45) is 0 Å². The molecule has 0 spiro atoms. The molecule has 0 aromatic rings. The van der Waals surface area contributed by atoms with Crippen LogP contribution in [0, 0.1) is 6.92 Å². The van der Waals surface area contributed by atoms with Gasteiger partial charge in [0.05, 0.1) is 19.3 Å². The van der Waals surface area contributed by atoms with E-state index in [2.05, 4.69) is 6.92 Å². The molecule has 12 heavy (non-hydrogen) atoms. The maximum atomic E-state index is 11.4. The van der Waals surface area contributed by atoms with Crippen molar-refractivity contribution in [2.45, 2.75) is 25.8 Å². The molecule has 0 aliphatic carbocycles. The number of ether oxygens (including phenoxy) is 1. The second-order valence-corrected chi connectivity index (χ2v) is 3.11. The van der Waals surface area contributed by atoms with E-state index in [1.165, 1.54) is 0 Å². The zero-order valence-corrected chi connectivity index (χ0v) is 7.58. The summed E-state index contributed by atoms with van der Waals surface area (Å²) >= 11 is 0. The Hall–Kier alpha value is -0.570. The van der Waals surface area contributed by atoms with Crippen LogP contribution in [0.3, 0.4) is 0 Å². The van der Waals surface area contributed by atoms with Gasteiger partial charge in [0.15, 0.2) is 0 Å². The normalized spacial score (nSPS) is 24.2. The minimum atomic E-state index is 0.209. The van der Waals surface area contributed by atoms with E-state index < -0.39 is 0 Å². The van der Waals surface area contributed by atoms with Gasteiger partial charge in [0, 0.05) is 13.0 Å². The van der Waals surface area contributed by atoms with E-state index in [1.807, 2.05) is 11.8 Å². The topological polar surface area (TPSA) is 29.5 Å². The van der Waals surface area contributed by atoms with E-state index in [-0.39, 0.29) is 11.9 Å². The highest BCUT2D eigenvalue weighted by Crippen LogP contribution is 2.08. The Morgan fingerprint density at radius 2 is 2.50 bits per heavy atom. The lowest BCUT2D eigenvalue weighted by Gasteiger charge is -2.33. The zero-order chi connectivity index (χ0) is 8.97. The third-order valence-corrected chi connectivity index (χ3v) is 2.08. The third-order valence-electron chi connectivity index (χ3n) is 2.08. The Labute approximate surface area is 73.7 Å². The van der Waals surface area contributed by atoms with Crippen molar-refractivity contribution < 1.29 is 9.53 Å². The van der Waals surface area contributed by atoms with Gasteiger partial charge >= 0.3 is 0 Å². The molecule has 0 N–H and O–H groups in total. The molecule has 69 valence electrons. The highest BCUT2D eigenvalue weighted by atomic mass is 16.5. The second-order valence-electron chi connectivity index (χ2n) is 3.11. The van der Waals surface area contributed by atoms with Crippen molar-refractivity contribution >= 4 is 5.91 Å². The molecule has 1 unspecified atom stereocenters. The SMILES string of the molecule is [CH2]CCC(=O)N1CCOCC1C. The summed E-state index contributed by atoms with van der Waals surface area (Å²) in [6.45, 7) is 7.76. The number of nitrogens with zero attached hydrogens (tertiary/aromatic N) is 1. The van der Waals surface area contributed by atoms with Gasteiger partial charge in [-0.2, -0.15) is 0 Å². The van der Waals surface area contributed by atoms with Crippen molar-refractivity contribution in [3.8, 4) is 0 Å². The highest BCUT2D eigenvalue weighted by molar-refractivity contribution is 5.76. The standard InChI is InChI=1S/C9H16NO2/c1-3-4-9(11)10-5-6-12-7-8(10)2/h8H,1,3-7H2,2H3. The molecule has 1 aliphatic rings. The first-order valence-electron chi connectivity index (χ1n) is 4.42. The van der Waals surface area contributed by atoms with Gasteiger partial charge in [-0.05, 0) is 13.3 Å². The molecule has 0 aromatic heterocycles. The summed E-state index contributed by atoms with van der Waals surface area (Å²) in [5, 5.41) is 0. The summed E-state index contributed by atoms with van der Waals surface area (Å²) in [5.74, 6) is 0.209. The van der Waals surface area contributed by atoms with Gasteiger partial charge in [-0.1, -0.05) is 6.92 Å². The molecule has 0 bridgehead atoms. The number of morpholine rings is 1. The van der Waals surface area contributed by atoms with Gasteiger partial charge < -0.3 is 9.64 Å². The lowest BCUT2D eigenvalue weighted by atomic mass is 10.2. The van der Waals surface area contributed by atoms with Crippen LogP contribution in [0.25, 0.3) is 0 Å². The van der Waals surface area contributed by atoms with Crippen molar-refractivity contribution in [2.75, 3.05) is 19.8 Å². The summed E-state index contributed by atoms with van der Waals surface area (Å²) in [7, 11) is 0. The molecule has 1 saturated heterocycles. The first-order valence-corrected chi connectivity index (χ1v) is 4.42. The summed E-state index contributed by atoms with van der Waals surface area (Å²) in [4.78, 5) is 13.3. The molecule has 1 rings (SSSR count). The van der Waals surface area contributed by atoms with E-state index in [0.717, 1.165) is 6.54 Å². The Morgan fingerprint density at radius 1 is 1.75 bits per heavy atom. The average molecular weight is 170 g/mol. The summed E-state index contributed by atoms with van der Waals surface area (Å²) in [6, 6.07) is 0.234. The van der Waals surface area contributed by atoms with Gasteiger partial charge in [-0.15, -0.1) is 0 Å². The summed E-state index contributed by atoms with van der Waals surface area (Å²) in [6.07, 6.45) is 1.24. The Morgan fingerprint density at radius 3 is 3.08 bits per heavy atom. The van der Waals surface area contributed by atoms with E-state index in [4.69, 9.17) is 4.74 Å². The first-order chi connectivity index (χ1) is 5.75. The molecule has 0 aromatic carbocycles. The Kier molecular flexibility index (Phi) is 3.53. The predicted molar refractivity (Wildman–Crippen MR) is 46.6 cm³/mol. The number of amides is 1. The molecular weight excluding hydrogens is 154 g/mol. The van der Waals surface area contributed by atoms with E-state index in [1.54, 1.807) is 0 Å². The number of rotatable bonds is 2. The molecule has 0 saturated carbocycles. The van der Waals surface area contributed by atoms with E-state index in [0.29, 0.717) is 26.1 Å². The van der Waals surface area contributed by atoms with E-state index in [9.17, 15) is 4.79 Å². The monoisotopic (exact) mass is 170 g/mol. The third kappa shape index (κ3) is 2.21. The van der Waals surface area contributed by atoms with E-state index >= 15 is 0 Å².